The van der Waals surface area contributed by atoms with Gasteiger partial charge in [0.1, 0.15) is 31.1 Å². The van der Waals surface area contributed by atoms with Crippen LogP contribution in [-0.2, 0) is 11.2 Å². The summed E-state index contributed by atoms with van der Waals surface area (Å²) in [6.45, 7) is 3.37. The standard InChI is InChI=1S/C20H22N2O3/c1-16-6-2-4-8-18(16)24-14-15-25-19-9-5-3-7-17(19)11-13-22-20(23)10-12-21/h2-9H,10-11,13-15H2,1H3,(H,22,23). The van der Waals surface area contributed by atoms with Gasteiger partial charge in [-0.3, -0.25) is 4.79 Å². The number of hydrogen-bond acceptors (Lipinski definition) is 4. The number of para-hydroxylation sites is 2. The fourth-order valence-corrected chi connectivity index (χ4v) is 2.34. The number of nitrogens with one attached hydrogen (secondary N) is 1. The molecule has 0 aliphatic rings. The van der Waals surface area contributed by atoms with Crippen LogP contribution in [0.3, 0.4) is 0 Å². The second kappa shape index (κ2) is 9.99. The van der Waals surface area contributed by atoms with Crippen LogP contribution in [-0.4, -0.2) is 25.7 Å². The van der Waals surface area contributed by atoms with E-state index in [-0.39, 0.29) is 12.3 Å². The fourth-order valence-electron chi connectivity index (χ4n) is 2.34. The van der Waals surface area contributed by atoms with Gasteiger partial charge in [-0.05, 0) is 36.6 Å². The molecular formula is C20H22N2O3. The highest BCUT2D eigenvalue weighted by molar-refractivity contribution is 5.77. The van der Waals surface area contributed by atoms with E-state index in [1.165, 1.54) is 0 Å². The molecule has 5 nitrogen and oxygen atoms in total. The lowest BCUT2D eigenvalue weighted by molar-refractivity contribution is -0.120. The number of nitrogens with zero attached hydrogens (tertiary/aromatic N) is 1. The van der Waals surface area contributed by atoms with Crippen molar-refractivity contribution in [3.8, 4) is 17.6 Å². The Bertz CT molecular complexity index is 738. The van der Waals surface area contributed by atoms with Crippen LogP contribution in [0, 0.1) is 18.3 Å². The third-order valence-corrected chi connectivity index (χ3v) is 3.62. The van der Waals surface area contributed by atoms with Crippen LogP contribution in [0.15, 0.2) is 48.5 Å². The average molecular weight is 338 g/mol. The number of ether oxygens (including phenoxy) is 2. The molecule has 1 N–H and O–H groups in total. The van der Waals surface area contributed by atoms with Crippen molar-refractivity contribution in [2.45, 2.75) is 19.8 Å². The first-order valence-corrected chi connectivity index (χ1v) is 8.23. The molecule has 25 heavy (non-hydrogen) atoms. The first kappa shape index (κ1) is 18.3. The monoisotopic (exact) mass is 338 g/mol. The van der Waals surface area contributed by atoms with E-state index >= 15 is 0 Å². The highest BCUT2D eigenvalue weighted by atomic mass is 16.5. The molecule has 1 amide bonds. The zero-order chi connectivity index (χ0) is 17.9. The molecule has 0 aliphatic carbocycles. The number of hydrogen-bond donors (Lipinski definition) is 1. The summed E-state index contributed by atoms with van der Waals surface area (Å²) in [6, 6.07) is 17.4. The predicted octanol–water partition coefficient (Wildman–Crippen LogP) is 3.03. The molecule has 2 rings (SSSR count). The minimum absolute atomic E-state index is 0.117. The van der Waals surface area contributed by atoms with Gasteiger partial charge in [0.2, 0.25) is 5.91 Å². The lowest BCUT2D eigenvalue weighted by atomic mass is 10.1. The molecule has 0 atom stereocenters. The number of aryl methyl sites for hydroxylation is 1. The maximum Gasteiger partial charge on any atom is 0.234 e. The molecule has 0 unspecified atom stereocenters. The second-order valence-corrected chi connectivity index (χ2v) is 5.50. The number of nitriles is 1. The Balaban J connectivity index is 1.79. The first-order chi connectivity index (χ1) is 12.2. The number of carbonyl (C=O) groups is 1. The molecule has 0 saturated heterocycles. The summed E-state index contributed by atoms with van der Waals surface area (Å²) in [5, 5.41) is 11.2. The fraction of sp³-hybridized carbons (Fsp3) is 0.300. The van der Waals surface area contributed by atoms with Gasteiger partial charge in [0.05, 0.1) is 6.07 Å². The molecule has 130 valence electrons. The summed E-state index contributed by atoms with van der Waals surface area (Å²) in [4.78, 5) is 11.3. The molecular weight excluding hydrogens is 316 g/mol. The Morgan fingerprint density at radius 1 is 1.04 bits per heavy atom. The van der Waals surface area contributed by atoms with Gasteiger partial charge < -0.3 is 14.8 Å². The van der Waals surface area contributed by atoms with Crippen molar-refractivity contribution < 1.29 is 14.3 Å². The molecule has 0 heterocycles. The molecule has 0 bridgehead atoms. The van der Waals surface area contributed by atoms with Gasteiger partial charge in [0.25, 0.3) is 0 Å². The van der Waals surface area contributed by atoms with Crippen molar-refractivity contribution in [2.75, 3.05) is 19.8 Å². The van der Waals surface area contributed by atoms with Crippen LogP contribution < -0.4 is 14.8 Å². The summed E-state index contributed by atoms with van der Waals surface area (Å²) in [5.74, 6) is 1.39. The molecule has 2 aromatic carbocycles. The summed E-state index contributed by atoms with van der Waals surface area (Å²) < 4.78 is 11.5. The van der Waals surface area contributed by atoms with E-state index in [4.69, 9.17) is 14.7 Å². The smallest absolute Gasteiger partial charge is 0.234 e. The summed E-state index contributed by atoms with van der Waals surface area (Å²) in [6.07, 6.45) is 0.528. The number of benzene rings is 2. The normalized spacial score (nSPS) is 9.92. The average Bonchev–Trinajstić information content (AvgIpc) is 2.61. The third kappa shape index (κ3) is 6.19. The largest absolute Gasteiger partial charge is 0.490 e. The predicted molar refractivity (Wildman–Crippen MR) is 95.6 cm³/mol. The quantitative estimate of drug-likeness (QED) is 0.714. The topological polar surface area (TPSA) is 71.3 Å². The van der Waals surface area contributed by atoms with Crippen molar-refractivity contribution in [1.29, 1.82) is 5.26 Å². The highest BCUT2D eigenvalue weighted by Gasteiger charge is 2.05. The van der Waals surface area contributed by atoms with E-state index in [0.717, 1.165) is 22.6 Å². The Hall–Kier alpha value is -3.00. The van der Waals surface area contributed by atoms with Crippen LogP contribution in [0.2, 0.25) is 0 Å². The van der Waals surface area contributed by atoms with E-state index in [1.54, 1.807) is 0 Å². The van der Waals surface area contributed by atoms with E-state index in [0.29, 0.717) is 26.2 Å². The van der Waals surface area contributed by atoms with Crippen LogP contribution >= 0.6 is 0 Å². The van der Waals surface area contributed by atoms with Gasteiger partial charge in [0.15, 0.2) is 0 Å². The van der Waals surface area contributed by atoms with Crippen LogP contribution in [0.5, 0.6) is 11.5 Å². The van der Waals surface area contributed by atoms with Gasteiger partial charge >= 0.3 is 0 Å². The van der Waals surface area contributed by atoms with Crippen molar-refractivity contribution in [1.82, 2.24) is 5.32 Å². The third-order valence-electron chi connectivity index (χ3n) is 3.62. The van der Waals surface area contributed by atoms with E-state index in [2.05, 4.69) is 5.32 Å². The lowest BCUT2D eigenvalue weighted by Crippen LogP contribution is -2.25. The molecule has 2 aromatic rings. The Kier molecular flexibility index (Phi) is 7.33. The number of amides is 1. The first-order valence-electron chi connectivity index (χ1n) is 8.23. The minimum atomic E-state index is -0.257. The molecule has 0 fully saturated rings. The Labute approximate surface area is 148 Å². The van der Waals surface area contributed by atoms with E-state index < -0.39 is 0 Å². The zero-order valence-corrected chi connectivity index (χ0v) is 14.3. The number of rotatable bonds is 9. The van der Waals surface area contributed by atoms with Gasteiger partial charge in [-0.1, -0.05) is 36.4 Å². The van der Waals surface area contributed by atoms with Crippen LogP contribution in [0.1, 0.15) is 17.5 Å². The molecule has 0 aromatic heterocycles. The summed E-state index contributed by atoms with van der Waals surface area (Å²) in [7, 11) is 0. The van der Waals surface area contributed by atoms with Crippen LogP contribution in [0.4, 0.5) is 0 Å². The van der Waals surface area contributed by atoms with Gasteiger partial charge in [0, 0.05) is 6.54 Å². The second-order valence-electron chi connectivity index (χ2n) is 5.50. The minimum Gasteiger partial charge on any atom is -0.490 e. The van der Waals surface area contributed by atoms with Crippen molar-refractivity contribution in [2.24, 2.45) is 0 Å². The Morgan fingerprint density at radius 2 is 1.68 bits per heavy atom. The van der Waals surface area contributed by atoms with E-state index in [9.17, 15) is 4.79 Å². The van der Waals surface area contributed by atoms with Gasteiger partial charge in [-0.25, -0.2) is 0 Å². The molecule has 5 heteroatoms. The summed E-state index contributed by atoms with van der Waals surface area (Å²) >= 11 is 0. The molecule has 0 saturated carbocycles. The molecule has 0 aliphatic heterocycles. The SMILES string of the molecule is Cc1ccccc1OCCOc1ccccc1CCNC(=O)CC#N. The van der Waals surface area contributed by atoms with Gasteiger partial charge in [-0.2, -0.15) is 5.26 Å². The van der Waals surface area contributed by atoms with Crippen molar-refractivity contribution in [3.63, 3.8) is 0 Å². The van der Waals surface area contributed by atoms with E-state index in [1.807, 2.05) is 61.5 Å². The van der Waals surface area contributed by atoms with Crippen molar-refractivity contribution >= 4 is 5.91 Å². The lowest BCUT2D eigenvalue weighted by Gasteiger charge is -2.13. The molecule has 0 radical (unpaired) electrons. The van der Waals surface area contributed by atoms with Gasteiger partial charge in [-0.15, -0.1) is 0 Å². The molecule has 0 spiro atoms. The van der Waals surface area contributed by atoms with Crippen LogP contribution in [0.25, 0.3) is 0 Å². The van der Waals surface area contributed by atoms with Crippen molar-refractivity contribution in [3.05, 3.63) is 59.7 Å². The Morgan fingerprint density at radius 3 is 2.40 bits per heavy atom. The maximum atomic E-state index is 11.3. The zero-order valence-electron chi connectivity index (χ0n) is 14.3. The highest BCUT2D eigenvalue weighted by Crippen LogP contribution is 2.19. The maximum absolute atomic E-state index is 11.3. The summed E-state index contributed by atoms with van der Waals surface area (Å²) in [5.41, 5.74) is 2.10. The number of carbonyl (C=O) groups excluding carboxylic acids is 1.